The number of carbonyl (C=O) groups excluding carboxylic acids is 2. The number of aliphatic carboxylic acids is 1. The Morgan fingerprint density at radius 1 is 1.32 bits per heavy atom. The minimum absolute atomic E-state index is 0.0565. The van der Waals surface area contributed by atoms with Crippen LogP contribution in [0.1, 0.15) is 38.8 Å². The van der Waals surface area contributed by atoms with Gasteiger partial charge in [0, 0.05) is 17.9 Å². The molecule has 2 aromatic rings. The van der Waals surface area contributed by atoms with Crippen LogP contribution in [0, 0.1) is 0 Å². The Balaban J connectivity index is 1.89. The maximum atomic E-state index is 12.6. The summed E-state index contributed by atoms with van der Waals surface area (Å²) in [7, 11) is 0. The molecule has 8 heteroatoms. The van der Waals surface area contributed by atoms with Gasteiger partial charge in [-0.3, -0.25) is 4.79 Å². The molecule has 3 rings (SSSR count). The van der Waals surface area contributed by atoms with E-state index in [2.05, 4.69) is 5.32 Å². The van der Waals surface area contributed by atoms with E-state index in [-0.39, 0.29) is 22.6 Å². The number of cyclic esters (lactones) is 1. The molecule has 1 aliphatic heterocycles. The van der Waals surface area contributed by atoms with E-state index in [1.165, 1.54) is 6.07 Å². The molecular formula is C20H18ClNO6. The standard InChI is InChI=1S/C20H18ClNO6/c1-10-7-12-14(21)9-13(17(23)16(12)20(27)28-10)18(24)22-15(19(25)26)8-11-5-3-2-4-6-11/h2-6,9-10,15,23H,7-8H2,1H3,(H,22,24)(H,25,26)/t10?,15-/m0/s1/i2+1,3+1,4+1,5+1,6+1,11+1. The molecule has 0 radical (unpaired) electrons. The number of phenolic OH excluding ortho intramolecular Hbond substituents is 1. The Kier molecular flexibility index (Phi) is 5.56. The lowest BCUT2D eigenvalue weighted by atomic mass is 9.95. The van der Waals surface area contributed by atoms with Crippen molar-refractivity contribution in [1.82, 2.24) is 5.32 Å². The Bertz CT molecular complexity index is 943. The first-order valence-corrected chi connectivity index (χ1v) is 8.98. The van der Waals surface area contributed by atoms with Crippen molar-refractivity contribution in [2.24, 2.45) is 0 Å². The molecule has 0 bridgehead atoms. The molecule has 0 fully saturated rings. The predicted molar refractivity (Wildman–Crippen MR) is 101 cm³/mol. The van der Waals surface area contributed by atoms with Gasteiger partial charge < -0.3 is 20.3 Å². The van der Waals surface area contributed by atoms with Crippen molar-refractivity contribution >= 4 is 29.4 Å². The van der Waals surface area contributed by atoms with Crippen LogP contribution in [0.5, 0.6) is 5.75 Å². The minimum atomic E-state index is -1.23. The van der Waals surface area contributed by atoms with Gasteiger partial charge in [-0.1, -0.05) is 41.9 Å². The van der Waals surface area contributed by atoms with Crippen LogP contribution >= 0.6 is 11.6 Å². The average Bonchev–Trinajstić information content (AvgIpc) is 2.64. The highest BCUT2D eigenvalue weighted by Crippen LogP contribution is 2.36. The fraction of sp³-hybridized carbons (Fsp3) is 0.250. The maximum Gasteiger partial charge on any atom is 0.342 e. The molecule has 1 heterocycles. The summed E-state index contributed by atoms with van der Waals surface area (Å²) in [5, 5.41) is 22.4. The first-order valence-electron chi connectivity index (χ1n) is 8.60. The number of carbonyl (C=O) groups is 3. The lowest BCUT2D eigenvalue weighted by molar-refractivity contribution is -0.139. The summed E-state index contributed by atoms with van der Waals surface area (Å²) in [4.78, 5) is 36.3. The number of carboxylic acid groups (broad SMARTS) is 1. The summed E-state index contributed by atoms with van der Waals surface area (Å²) in [6.07, 6.45) is -0.0407. The van der Waals surface area contributed by atoms with Crippen molar-refractivity contribution in [2.75, 3.05) is 0 Å². The second-order valence-corrected chi connectivity index (χ2v) is 6.99. The van der Waals surface area contributed by atoms with Gasteiger partial charge in [-0.05, 0) is 24.1 Å². The topological polar surface area (TPSA) is 113 Å². The molecule has 1 amide bonds. The number of carboxylic acids is 1. The minimum Gasteiger partial charge on any atom is -0.506 e. The number of amides is 1. The van der Waals surface area contributed by atoms with Gasteiger partial charge >= 0.3 is 11.9 Å². The SMILES string of the molecule is CC1Cc2c(Cl)cc(C(=O)N[C@@H](C[13c]3[13cH][13cH][13cH][13cH][13cH]3)C(=O)O)c(O)c2C(=O)O1. The van der Waals surface area contributed by atoms with Crippen LogP contribution in [0.3, 0.4) is 0 Å². The monoisotopic (exact) mass is 409 g/mol. The Morgan fingerprint density at radius 2 is 2.00 bits per heavy atom. The van der Waals surface area contributed by atoms with E-state index >= 15 is 0 Å². The van der Waals surface area contributed by atoms with E-state index in [1.54, 1.807) is 37.3 Å². The fourth-order valence-electron chi connectivity index (χ4n) is 3.13. The van der Waals surface area contributed by atoms with E-state index < -0.39 is 35.7 Å². The molecular weight excluding hydrogens is 392 g/mol. The number of ether oxygens (including phenoxy) is 1. The zero-order chi connectivity index (χ0) is 20.4. The molecule has 2 atom stereocenters. The third-order valence-corrected chi connectivity index (χ3v) is 4.82. The largest absolute Gasteiger partial charge is 0.506 e. The van der Waals surface area contributed by atoms with Gasteiger partial charge in [-0.25, -0.2) is 9.59 Å². The molecule has 28 heavy (non-hydrogen) atoms. The van der Waals surface area contributed by atoms with Crippen LogP contribution in [-0.4, -0.2) is 40.2 Å². The zero-order valence-electron chi connectivity index (χ0n) is 14.9. The quantitative estimate of drug-likeness (QED) is 0.654. The van der Waals surface area contributed by atoms with Crippen molar-refractivity contribution < 1.29 is 29.3 Å². The second-order valence-electron chi connectivity index (χ2n) is 6.58. The number of phenols is 1. The van der Waals surface area contributed by atoms with Crippen LogP contribution in [0.25, 0.3) is 0 Å². The summed E-state index contributed by atoms with van der Waals surface area (Å²) in [6.45, 7) is 1.69. The lowest BCUT2D eigenvalue weighted by Crippen LogP contribution is -2.42. The van der Waals surface area contributed by atoms with Gasteiger partial charge in [-0.2, -0.15) is 0 Å². The van der Waals surface area contributed by atoms with Crippen molar-refractivity contribution in [3.8, 4) is 5.75 Å². The molecule has 0 saturated carbocycles. The third kappa shape index (κ3) is 3.94. The van der Waals surface area contributed by atoms with E-state index in [0.717, 1.165) is 5.56 Å². The van der Waals surface area contributed by atoms with Crippen LogP contribution < -0.4 is 5.32 Å². The number of nitrogens with one attached hydrogen (secondary N) is 1. The zero-order valence-corrected chi connectivity index (χ0v) is 15.7. The van der Waals surface area contributed by atoms with Gasteiger partial charge in [-0.15, -0.1) is 0 Å². The lowest BCUT2D eigenvalue weighted by Gasteiger charge is -2.24. The molecule has 3 N–H and O–H groups in total. The number of fused-ring (bicyclic) bond motifs is 1. The average molecular weight is 410 g/mol. The molecule has 1 aliphatic rings. The van der Waals surface area contributed by atoms with Crippen LogP contribution in [0.2, 0.25) is 5.02 Å². The Morgan fingerprint density at radius 3 is 2.64 bits per heavy atom. The number of aromatic hydroxyl groups is 1. The number of rotatable bonds is 5. The number of hydrogen-bond acceptors (Lipinski definition) is 5. The molecule has 0 aromatic heterocycles. The number of halogens is 1. The first kappa shape index (κ1) is 19.7. The van der Waals surface area contributed by atoms with Crippen molar-refractivity contribution in [3.05, 3.63) is 63.7 Å². The second kappa shape index (κ2) is 7.90. The number of benzene rings is 2. The van der Waals surface area contributed by atoms with Gasteiger partial charge in [0.25, 0.3) is 5.91 Å². The van der Waals surface area contributed by atoms with Crippen molar-refractivity contribution in [2.45, 2.75) is 31.9 Å². The summed E-state index contributed by atoms with van der Waals surface area (Å²) in [5.41, 5.74) is 0.680. The fourth-order valence-corrected chi connectivity index (χ4v) is 3.41. The highest BCUT2D eigenvalue weighted by Gasteiger charge is 2.33. The van der Waals surface area contributed by atoms with Gasteiger partial charge in [0.15, 0.2) is 0 Å². The summed E-state index contributed by atoms with van der Waals surface area (Å²) >= 11 is 6.21. The number of hydrogen-bond donors (Lipinski definition) is 3. The Hall–Kier alpha value is -3.06. The van der Waals surface area contributed by atoms with Gasteiger partial charge in [0.2, 0.25) is 0 Å². The normalized spacial score (nSPS) is 16.6. The van der Waals surface area contributed by atoms with E-state index in [1.807, 2.05) is 0 Å². The number of esters is 1. The van der Waals surface area contributed by atoms with Crippen molar-refractivity contribution in [1.29, 1.82) is 0 Å². The van der Waals surface area contributed by atoms with Crippen LogP contribution in [0.4, 0.5) is 0 Å². The summed E-state index contributed by atoms with van der Waals surface area (Å²) in [6, 6.07) is 8.81. The maximum absolute atomic E-state index is 12.6. The predicted octanol–water partition coefficient (Wildman–Crippen LogP) is 2.57. The molecule has 2 aromatic carbocycles. The molecule has 1 unspecified atom stereocenters. The first-order chi connectivity index (χ1) is 13.3. The van der Waals surface area contributed by atoms with Gasteiger partial charge in [0.1, 0.15) is 23.5 Å². The van der Waals surface area contributed by atoms with E-state index in [0.29, 0.717) is 12.0 Å². The molecule has 146 valence electrons. The third-order valence-electron chi connectivity index (χ3n) is 4.49. The highest BCUT2D eigenvalue weighted by atomic mass is 35.5. The van der Waals surface area contributed by atoms with Crippen LogP contribution in [-0.2, 0) is 22.4 Å². The van der Waals surface area contributed by atoms with Gasteiger partial charge in [0.05, 0.1) is 5.56 Å². The molecule has 0 aliphatic carbocycles. The summed E-state index contributed by atoms with van der Waals surface area (Å²) in [5.74, 6) is -3.43. The summed E-state index contributed by atoms with van der Waals surface area (Å²) < 4.78 is 5.10. The molecule has 7 nitrogen and oxygen atoms in total. The van der Waals surface area contributed by atoms with Crippen molar-refractivity contribution in [3.63, 3.8) is 0 Å². The van der Waals surface area contributed by atoms with Crippen LogP contribution in [0.15, 0.2) is 36.4 Å². The smallest absolute Gasteiger partial charge is 0.342 e. The molecule has 0 saturated heterocycles. The van der Waals surface area contributed by atoms with E-state index in [4.69, 9.17) is 16.3 Å². The van der Waals surface area contributed by atoms with E-state index in [9.17, 15) is 24.6 Å². The molecule has 0 spiro atoms. The Labute approximate surface area is 165 Å². The highest BCUT2D eigenvalue weighted by molar-refractivity contribution is 6.32.